The minimum Gasteiger partial charge on any atom is -0.397 e. The summed E-state index contributed by atoms with van der Waals surface area (Å²) in [5, 5.41) is 2.64. The van der Waals surface area contributed by atoms with E-state index >= 15 is 0 Å². The predicted molar refractivity (Wildman–Crippen MR) is 70.9 cm³/mol. The summed E-state index contributed by atoms with van der Waals surface area (Å²) in [6.45, 7) is 3.30. The summed E-state index contributed by atoms with van der Waals surface area (Å²) in [6.07, 6.45) is 3.38. The molecule has 0 radical (unpaired) electrons. The maximum Gasteiger partial charge on any atom is 0.222 e. The second-order valence-electron chi connectivity index (χ2n) is 4.01. The molecule has 18 heavy (non-hydrogen) atoms. The lowest BCUT2D eigenvalue weighted by Crippen LogP contribution is -2.07. The van der Waals surface area contributed by atoms with Crippen LogP contribution in [0.5, 0.6) is 0 Å². The van der Waals surface area contributed by atoms with Crippen LogP contribution < -0.4 is 11.1 Å². The van der Waals surface area contributed by atoms with Crippen molar-refractivity contribution in [3.05, 3.63) is 36.3 Å². The number of nitrogens with zero attached hydrogens (tertiary/aromatic N) is 2. The lowest BCUT2D eigenvalue weighted by molar-refractivity contribution is -0.114. The van der Waals surface area contributed by atoms with Gasteiger partial charge in [0.15, 0.2) is 0 Å². The maximum atomic E-state index is 11.0. The number of hydrogen-bond acceptors (Lipinski definition) is 4. The van der Waals surface area contributed by atoms with Gasteiger partial charge >= 0.3 is 0 Å². The first-order chi connectivity index (χ1) is 8.56. The maximum absolute atomic E-state index is 11.0. The van der Waals surface area contributed by atoms with E-state index in [-0.39, 0.29) is 5.91 Å². The molecule has 3 N–H and O–H groups in total. The number of aryl methyl sites for hydroxylation is 1. The molecule has 1 amide bonds. The summed E-state index contributed by atoms with van der Waals surface area (Å²) in [5.41, 5.74) is 9.08. The molecule has 0 atom stereocenters. The average Bonchev–Trinajstić information content (AvgIpc) is 2.32. The number of anilines is 2. The first-order valence-corrected chi connectivity index (χ1v) is 5.52. The van der Waals surface area contributed by atoms with Gasteiger partial charge in [0.2, 0.25) is 5.91 Å². The number of carbonyl (C=O) groups is 1. The number of rotatable bonds is 2. The zero-order chi connectivity index (χ0) is 13.1. The highest BCUT2D eigenvalue weighted by Crippen LogP contribution is 2.23. The fourth-order valence-corrected chi connectivity index (χ4v) is 1.57. The van der Waals surface area contributed by atoms with Gasteiger partial charge in [0.25, 0.3) is 0 Å². The normalized spacial score (nSPS) is 10.1. The average molecular weight is 242 g/mol. The van der Waals surface area contributed by atoms with E-state index in [1.807, 2.05) is 19.1 Å². The summed E-state index contributed by atoms with van der Waals surface area (Å²) < 4.78 is 0. The Kier molecular flexibility index (Phi) is 3.23. The van der Waals surface area contributed by atoms with Crippen LogP contribution in [0.2, 0.25) is 0 Å². The predicted octanol–water partition coefficient (Wildman–Crippen LogP) is 1.99. The number of nitrogens with one attached hydrogen (secondary N) is 1. The van der Waals surface area contributed by atoms with Crippen molar-refractivity contribution in [1.29, 1.82) is 0 Å². The molecule has 2 rings (SSSR count). The van der Waals surface area contributed by atoms with Crippen molar-refractivity contribution in [2.24, 2.45) is 0 Å². The molecule has 2 aromatic heterocycles. The van der Waals surface area contributed by atoms with Gasteiger partial charge in [0, 0.05) is 24.9 Å². The van der Waals surface area contributed by atoms with Crippen LogP contribution in [-0.4, -0.2) is 15.9 Å². The molecule has 0 unspecified atom stereocenters. The van der Waals surface area contributed by atoms with Gasteiger partial charge in [-0.25, -0.2) is 4.98 Å². The molecular formula is C13H14N4O. The first kappa shape index (κ1) is 12.0. The van der Waals surface area contributed by atoms with Crippen LogP contribution >= 0.6 is 0 Å². The van der Waals surface area contributed by atoms with Crippen molar-refractivity contribution >= 4 is 17.4 Å². The van der Waals surface area contributed by atoms with Crippen LogP contribution in [0.4, 0.5) is 11.5 Å². The molecule has 0 aromatic carbocycles. The molecule has 2 aromatic rings. The highest BCUT2D eigenvalue weighted by molar-refractivity contribution is 5.88. The summed E-state index contributed by atoms with van der Waals surface area (Å²) in [6, 6.07) is 5.49. The molecule has 0 aliphatic rings. The summed E-state index contributed by atoms with van der Waals surface area (Å²) in [7, 11) is 0. The smallest absolute Gasteiger partial charge is 0.222 e. The zero-order valence-corrected chi connectivity index (χ0v) is 10.3. The quantitative estimate of drug-likeness (QED) is 0.843. The molecular weight excluding hydrogens is 228 g/mol. The number of amides is 1. The molecule has 5 heteroatoms. The van der Waals surface area contributed by atoms with Crippen molar-refractivity contribution in [3.8, 4) is 11.1 Å². The van der Waals surface area contributed by atoms with Crippen molar-refractivity contribution in [1.82, 2.24) is 9.97 Å². The van der Waals surface area contributed by atoms with Crippen LogP contribution in [0, 0.1) is 6.92 Å². The van der Waals surface area contributed by atoms with Gasteiger partial charge in [-0.2, -0.15) is 0 Å². The van der Waals surface area contributed by atoms with E-state index in [1.165, 1.54) is 6.92 Å². The number of aromatic nitrogens is 2. The standard InChI is InChI=1S/C13H14N4O/c1-8-12(14)5-11(7-16-8)10-3-4-15-13(6-10)17-9(2)18/h3-7H,14H2,1-2H3,(H,15,17,18). The van der Waals surface area contributed by atoms with E-state index in [4.69, 9.17) is 5.73 Å². The minimum absolute atomic E-state index is 0.152. The third kappa shape index (κ3) is 2.63. The van der Waals surface area contributed by atoms with Gasteiger partial charge in [-0.15, -0.1) is 0 Å². The van der Waals surface area contributed by atoms with Crippen molar-refractivity contribution in [2.45, 2.75) is 13.8 Å². The molecule has 0 fully saturated rings. The number of nitrogens with two attached hydrogens (primary N) is 1. The number of hydrogen-bond donors (Lipinski definition) is 2. The van der Waals surface area contributed by atoms with E-state index in [9.17, 15) is 4.79 Å². The van der Waals surface area contributed by atoms with Gasteiger partial charge in [-0.3, -0.25) is 9.78 Å². The molecule has 0 aliphatic carbocycles. The van der Waals surface area contributed by atoms with Crippen molar-refractivity contribution in [2.75, 3.05) is 11.1 Å². The Labute approximate surface area is 105 Å². The fraction of sp³-hybridized carbons (Fsp3) is 0.154. The number of pyridine rings is 2. The SMILES string of the molecule is CC(=O)Nc1cc(-c2cnc(C)c(N)c2)ccn1. The van der Waals surface area contributed by atoms with Crippen LogP contribution in [0.25, 0.3) is 11.1 Å². The Balaban J connectivity index is 2.38. The van der Waals surface area contributed by atoms with Gasteiger partial charge in [-0.05, 0) is 30.7 Å². The summed E-state index contributed by atoms with van der Waals surface area (Å²) >= 11 is 0. The van der Waals surface area contributed by atoms with Gasteiger partial charge in [0.1, 0.15) is 5.82 Å². The largest absolute Gasteiger partial charge is 0.397 e. The van der Waals surface area contributed by atoms with E-state index < -0.39 is 0 Å². The topological polar surface area (TPSA) is 80.9 Å². The molecule has 0 spiro atoms. The second kappa shape index (κ2) is 4.83. The number of carbonyl (C=O) groups excluding carboxylic acids is 1. The van der Waals surface area contributed by atoms with Crippen LogP contribution in [0.3, 0.4) is 0 Å². The molecule has 0 aliphatic heterocycles. The Hall–Kier alpha value is -2.43. The van der Waals surface area contributed by atoms with Crippen LogP contribution in [-0.2, 0) is 4.79 Å². The van der Waals surface area contributed by atoms with E-state index in [1.54, 1.807) is 18.5 Å². The molecule has 2 heterocycles. The molecule has 0 saturated carbocycles. The lowest BCUT2D eigenvalue weighted by Gasteiger charge is -2.06. The van der Waals surface area contributed by atoms with Crippen molar-refractivity contribution < 1.29 is 4.79 Å². The van der Waals surface area contributed by atoms with Crippen LogP contribution in [0.15, 0.2) is 30.6 Å². The Bertz CT molecular complexity index is 595. The van der Waals surface area contributed by atoms with E-state index in [0.717, 1.165) is 16.8 Å². The van der Waals surface area contributed by atoms with Crippen molar-refractivity contribution in [3.63, 3.8) is 0 Å². The van der Waals surface area contributed by atoms with Gasteiger partial charge in [0.05, 0.1) is 11.4 Å². The fourth-order valence-electron chi connectivity index (χ4n) is 1.57. The zero-order valence-electron chi connectivity index (χ0n) is 10.3. The third-order valence-corrected chi connectivity index (χ3v) is 2.52. The first-order valence-electron chi connectivity index (χ1n) is 5.52. The molecule has 5 nitrogen and oxygen atoms in total. The second-order valence-corrected chi connectivity index (χ2v) is 4.01. The Morgan fingerprint density at radius 1 is 1.28 bits per heavy atom. The molecule has 0 bridgehead atoms. The Morgan fingerprint density at radius 3 is 2.72 bits per heavy atom. The minimum atomic E-state index is -0.152. The summed E-state index contributed by atoms with van der Waals surface area (Å²) in [5.74, 6) is 0.361. The highest BCUT2D eigenvalue weighted by Gasteiger charge is 2.04. The van der Waals surface area contributed by atoms with Gasteiger partial charge < -0.3 is 11.1 Å². The summed E-state index contributed by atoms with van der Waals surface area (Å²) in [4.78, 5) is 19.3. The van der Waals surface area contributed by atoms with Gasteiger partial charge in [-0.1, -0.05) is 0 Å². The Morgan fingerprint density at radius 2 is 2.06 bits per heavy atom. The lowest BCUT2D eigenvalue weighted by atomic mass is 10.1. The third-order valence-electron chi connectivity index (χ3n) is 2.52. The van der Waals surface area contributed by atoms with Crippen LogP contribution in [0.1, 0.15) is 12.6 Å². The molecule has 92 valence electrons. The number of nitrogen functional groups attached to an aromatic ring is 1. The van der Waals surface area contributed by atoms with E-state index in [2.05, 4.69) is 15.3 Å². The monoisotopic (exact) mass is 242 g/mol. The molecule has 0 saturated heterocycles. The highest BCUT2D eigenvalue weighted by atomic mass is 16.1. The van der Waals surface area contributed by atoms with E-state index in [0.29, 0.717) is 11.5 Å².